The van der Waals surface area contributed by atoms with Crippen molar-refractivity contribution >= 4 is 11.6 Å². The summed E-state index contributed by atoms with van der Waals surface area (Å²) in [4.78, 5) is 12.3. The van der Waals surface area contributed by atoms with Crippen LogP contribution in [0.2, 0.25) is 0 Å². The fourth-order valence-corrected chi connectivity index (χ4v) is 2.80. The van der Waals surface area contributed by atoms with Gasteiger partial charge in [-0.25, -0.2) is 0 Å². The van der Waals surface area contributed by atoms with Crippen LogP contribution in [0.4, 0.5) is 5.69 Å². The quantitative estimate of drug-likeness (QED) is 0.539. The van der Waals surface area contributed by atoms with E-state index >= 15 is 0 Å². The summed E-state index contributed by atoms with van der Waals surface area (Å²) in [6.45, 7) is 2.84. The maximum atomic E-state index is 12.3. The molecule has 0 aliphatic carbocycles. The summed E-state index contributed by atoms with van der Waals surface area (Å²) in [5.41, 5.74) is 2.88. The van der Waals surface area contributed by atoms with Crippen molar-refractivity contribution in [2.45, 2.75) is 32.7 Å². The van der Waals surface area contributed by atoms with Crippen LogP contribution < -0.4 is 20.1 Å². The van der Waals surface area contributed by atoms with Gasteiger partial charge in [0.15, 0.2) is 11.5 Å². The average Bonchev–Trinajstić information content (AvgIpc) is 3.18. The van der Waals surface area contributed by atoms with E-state index in [9.17, 15) is 10.1 Å². The lowest BCUT2D eigenvalue weighted by molar-refractivity contribution is -0.112. The van der Waals surface area contributed by atoms with Crippen LogP contribution in [0.3, 0.4) is 0 Å². The van der Waals surface area contributed by atoms with Crippen molar-refractivity contribution in [3.05, 3.63) is 65.4 Å². The number of rotatable bonds is 8. The normalized spacial score (nSPS) is 12.4. The molecule has 28 heavy (non-hydrogen) atoms. The van der Waals surface area contributed by atoms with Crippen molar-refractivity contribution in [2.24, 2.45) is 0 Å². The molecule has 6 heteroatoms. The van der Waals surface area contributed by atoms with Crippen molar-refractivity contribution in [3.63, 3.8) is 0 Å². The van der Waals surface area contributed by atoms with Crippen LogP contribution in [0.15, 0.2) is 54.2 Å². The zero-order chi connectivity index (χ0) is 19.8. The number of nitrogens with zero attached hydrogens (tertiary/aromatic N) is 1. The van der Waals surface area contributed by atoms with E-state index in [1.54, 1.807) is 0 Å². The van der Waals surface area contributed by atoms with Gasteiger partial charge in [0.1, 0.15) is 11.6 Å². The molecule has 0 saturated heterocycles. The Morgan fingerprint density at radius 1 is 1.14 bits per heavy atom. The molecule has 0 radical (unpaired) electrons. The van der Waals surface area contributed by atoms with E-state index in [-0.39, 0.29) is 12.4 Å². The maximum absolute atomic E-state index is 12.3. The van der Waals surface area contributed by atoms with E-state index in [4.69, 9.17) is 9.47 Å². The van der Waals surface area contributed by atoms with Gasteiger partial charge >= 0.3 is 0 Å². The second-order valence-corrected chi connectivity index (χ2v) is 6.49. The molecule has 0 fully saturated rings. The molecule has 1 amide bonds. The average molecular weight is 377 g/mol. The maximum Gasteiger partial charge on any atom is 0.267 e. The third-order valence-corrected chi connectivity index (χ3v) is 4.39. The largest absolute Gasteiger partial charge is 0.454 e. The van der Waals surface area contributed by atoms with E-state index in [2.05, 4.69) is 17.6 Å². The van der Waals surface area contributed by atoms with Crippen molar-refractivity contribution in [2.75, 3.05) is 12.1 Å². The molecular formula is C22H23N3O3. The van der Waals surface area contributed by atoms with Crippen LogP contribution in [-0.4, -0.2) is 12.7 Å². The van der Waals surface area contributed by atoms with Crippen LogP contribution in [0.25, 0.3) is 0 Å². The van der Waals surface area contributed by atoms with Gasteiger partial charge in [-0.05, 0) is 48.2 Å². The molecular weight excluding hydrogens is 354 g/mol. The monoisotopic (exact) mass is 377 g/mol. The fourth-order valence-electron chi connectivity index (χ4n) is 2.80. The summed E-state index contributed by atoms with van der Waals surface area (Å²) < 4.78 is 10.6. The van der Waals surface area contributed by atoms with Gasteiger partial charge in [0.25, 0.3) is 5.91 Å². The van der Waals surface area contributed by atoms with E-state index in [0.29, 0.717) is 18.0 Å². The highest BCUT2D eigenvalue weighted by atomic mass is 16.7. The minimum absolute atomic E-state index is 0.0100. The van der Waals surface area contributed by atoms with Gasteiger partial charge in [-0.15, -0.1) is 0 Å². The van der Waals surface area contributed by atoms with E-state index in [1.165, 1.54) is 11.8 Å². The number of ether oxygens (including phenoxy) is 2. The summed E-state index contributed by atoms with van der Waals surface area (Å²) in [6.07, 6.45) is 4.74. The minimum Gasteiger partial charge on any atom is -0.454 e. The first-order chi connectivity index (χ1) is 13.7. The first kappa shape index (κ1) is 19.3. The molecule has 1 aliphatic rings. The zero-order valence-corrected chi connectivity index (χ0v) is 15.8. The molecule has 0 unspecified atom stereocenters. The Hall–Kier alpha value is -3.46. The van der Waals surface area contributed by atoms with Crippen molar-refractivity contribution in [1.29, 1.82) is 5.26 Å². The second-order valence-electron chi connectivity index (χ2n) is 6.49. The summed E-state index contributed by atoms with van der Waals surface area (Å²) in [5.74, 6) is 0.975. The number of nitriles is 1. The highest BCUT2D eigenvalue weighted by Crippen LogP contribution is 2.32. The van der Waals surface area contributed by atoms with E-state index < -0.39 is 5.91 Å². The smallest absolute Gasteiger partial charge is 0.267 e. The Bertz CT molecular complexity index is 898. The van der Waals surface area contributed by atoms with Crippen LogP contribution >= 0.6 is 0 Å². The molecule has 1 aliphatic heterocycles. The molecule has 0 atom stereocenters. The third-order valence-electron chi connectivity index (χ3n) is 4.39. The number of nitrogens with one attached hydrogen (secondary N) is 2. The third kappa shape index (κ3) is 5.04. The van der Waals surface area contributed by atoms with Gasteiger partial charge in [-0.3, -0.25) is 4.79 Å². The first-order valence-electron chi connectivity index (χ1n) is 9.32. The Morgan fingerprint density at radius 2 is 1.89 bits per heavy atom. The minimum atomic E-state index is -0.443. The van der Waals surface area contributed by atoms with Gasteiger partial charge in [-0.1, -0.05) is 31.5 Å². The van der Waals surface area contributed by atoms with Crippen LogP contribution in [0, 0.1) is 11.3 Å². The molecule has 0 aromatic heterocycles. The number of aryl methyl sites for hydroxylation is 1. The molecule has 144 valence electrons. The van der Waals surface area contributed by atoms with Crippen molar-refractivity contribution in [3.8, 4) is 17.6 Å². The Labute approximate surface area is 164 Å². The number of carbonyl (C=O) groups is 1. The highest BCUT2D eigenvalue weighted by molar-refractivity contribution is 6.06. The SMILES string of the molecule is CCCCc1ccc(NC(=O)/C(C#N)=C\NCc2ccc3c(c2)OCO3)cc1. The topological polar surface area (TPSA) is 83.4 Å². The molecule has 3 rings (SSSR count). The molecule has 0 bridgehead atoms. The number of fused-ring (bicyclic) bond motifs is 1. The molecule has 0 spiro atoms. The van der Waals surface area contributed by atoms with Gasteiger partial charge in [0.05, 0.1) is 0 Å². The van der Waals surface area contributed by atoms with Crippen molar-refractivity contribution < 1.29 is 14.3 Å². The Balaban J connectivity index is 1.54. The summed E-state index contributed by atoms with van der Waals surface area (Å²) >= 11 is 0. The van der Waals surface area contributed by atoms with Gasteiger partial charge in [0.2, 0.25) is 6.79 Å². The first-order valence-corrected chi connectivity index (χ1v) is 9.32. The lowest BCUT2D eigenvalue weighted by atomic mass is 10.1. The molecule has 2 aromatic rings. The molecule has 2 aromatic carbocycles. The number of anilines is 1. The number of hydrogen-bond donors (Lipinski definition) is 2. The zero-order valence-electron chi connectivity index (χ0n) is 15.8. The molecule has 6 nitrogen and oxygen atoms in total. The Morgan fingerprint density at radius 3 is 2.64 bits per heavy atom. The predicted molar refractivity (Wildman–Crippen MR) is 107 cm³/mol. The molecule has 2 N–H and O–H groups in total. The summed E-state index contributed by atoms with van der Waals surface area (Å²) in [5, 5.41) is 15.0. The van der Waals surface area contributed by atoms with Crippen LogP contribution in [0.5, 0.6) is 11.5 Å². The van der Waals surface area contributed by atoms with Crippen LogP contribution in [0.1, 0.15) is 30.9 Å². The number of benzene rings is 2. The number of hydrogen-bond acceptors (Lipinski definition) is 5. The Kier molecular flexibility index (Phi) is 6.53. The molecule has 1 heterocycles. The molecule has 0 saturated carbocycles. The summed E-state index contributed by atoms with van der Waals surface area (Å²) in [7, 11) is 0. The van der Waals surface area contributed by atoms with Gasteiger partial charge in [-0.2, -0.15) is 5.26 Å². The lowest BCUT2D eigenvalue weighted by Gasteiger charge is -2.07. The van der Waals surface area contributed by atoms with E-state index in [0.717, 1.165) is 30.6 Å². The van der Waals surface area contributed by atoms with E-state index in [1.807, 2.05) is 48.5 Å². The number of amides is 1. The fraction of sp³-hybridized carbons (Fsp3) is 0.273. The highest BCUT2D eigenvalue weighted by Gasteiger charge is 2.13. The number of unbranched alkanes of at least 4 members (excludes halogenated alkanes) is 1. The number of carbonyl (C=O) groups excluding carboxylic acids is 1. The van der Waals surface area contributed by atoms with Gasteiger partial charge in [0, 0.05) is 18.4 Å². The van der Waals surface area contributed by atoms with Crippen LogP contribution in [-0.2, 0) is 17.8 Å². The van der Waals surface area contributed by atoms with Gasteiger partial charge < -0.3 is 20.1 Å². The summed E-state index contributed by atoms with van der Waals surface area (Å²) in [6, 6.07) is 15.3. The standard InChI is InChI=1S/C22H23N3O3/c1-2-3-4-16-5-8-19(9-6-16)25-22(26)18(12-23)14-24-13-17-7-10-20-21(11-17)28-15-27-20/h5-11,14,24H,2-4,13,15H2,1H3,(H,25,26)/b18-14-. The van der Waals surface area contributed by atoms with Crippen molar-refractivity contribution in [1.82, 2.24) is 5.32 Å². The lowest BCUT2D eigenvalue weighted by Crippen LogP contribution is -2.16. The predicted octanol–water partition coefficient (Wildman–Crippen LogP) is 3.89. The second kappa shape index (κ2) is 9.47.